The van der Waals surface area contributed by atoms with Gasteiger partial charge in [-0.1, -0.05) is 24.3 Å². The SMILES string of the molecule is NC(N)=Nc1cccc(C(=O)NCC(=O)NC(CC(=O)O)c2ccccc2S)c1. The summed E-state index contributed by atoms with van der Waals surface area (Å²) in [5.74, 6) is -2.26. The summed E-state index contributed by atoms with van der Waals surface area (Å²) >= 11 is 4.31. The van der Waals surface area contributed by atoms with E-state index in [1.807, 2.05) is 0 Å². The fraction of sp³-hybridized carbons (Fsp3) is 0.158. The van der Waals surface area contributed by atoms with Crippen LogP contribution >= 0.6 is 12.6 Å². The second kappa shape index (κ2) is 10.1. The molecular weight excluding hydrogens is 394 g/mol. The van der Waals surface area contributed by atoms with Gasteiger partial charge in [0.1, 0.15) is 0 Å². The van der Waals surface area contributed by atoms with Crippen molar-refractivity contribution in [1.82, 2.24) is 10.6 Å². The van der Waals surface area contributed by atoms with Gasteiger partial charge in [0.25, 0.3) is 5.91 Å². The topological polar surface area (TPSA) is 160 Å². The van der Waals surface area contributed by atoms with Crippen molar-refractivity contribution in [2.75, 3.05) is 6.54 Å². The number of nitrogens with zero attached hydrogens (tertiary/aromatic N) is 1. The Morgan fingerprint density at radius 1 is 1.10 bits per heavy atom. The molecule has 1 unspecified atom stereocenters. The molecule has 0 saturated heterocycles. The minimum absolute atomic E-state index is 0.143. The Morgan fingerprint density at radius 3 is 2.48 bits per heavy atom. The number of aliphatic imine (C=N–C) groups is 1. The summed E-state index contributed by atoms with van der Waals surface area (Å²) in [7, 11) is 0. The lowest BCUT2D eigenvalue weighted by molar-refractivity contribution is -0.137. The number of hydrogen-bond donors (Lipinski definition) is 6. The predicted molar refractivity (Wildman–Crippen MR) is 111 cm³/mol. The first-order valence-corrected chi connectivity index (χ1v) is 8.98. The van der Waals surface area contributed by atoms with Crippen molar-refractivity contribution in [1.29, 1.82) is 0 Å². The smallest absolute Gasteiger partial charge is 0.305 e. The number of aliphatic carboxylic acids is 1. The van der Waals surface area contributed by atoms with Crippen molar-refractivity contribution < 1.29 is 19.5 Å². The molecule has 10 heteroatoms. The van der Waals surface area contributed by atoms with Crippen LogP contribution in [0.1, 0.15) is 28.4 Å². The molecule has 0 spiro atoms. The molecule has 0 radical (unpaired) electrons. The van der Waals surface area contributed by atoms with Gasteiger partial charge < -0.3 is 27.2 Å². The summed E-state index contributed by atoms with van der Waals surface area (Å²) in [6.07, 6.45) is -0.322. The molecule has 7 N–H and O–H groups in total. The first-order valence-electron chi connectivity index (χ1n) is 8.53. The third-order valence-corrected chi connectivity index (χ3v) is 4.21. The van der Waals surface area contributed by atoms with E-state index < -0.39 is 23.8 Å². The highest BCUT2D eigenvalue weighted by Crippen LogP contribution is 2.23. The van der Waals surface area contributed by atoms with Crippen LogP contribution < -0.4 is 22.1 Å². The molecule has 2 aromatic rings. The number of thiol groups is 1. The lowest BCUT2D eigenvalue weighted by atomic mass is 10.0. The maximum Gasteiger partial charge on any atom is 0.305 e. The molecule has 0 aliphatic heterocycles. The number of benzene rings is 2. The van der Waals surface area contributed by atoms with E-state index in [1.54, 1.807) is 42.5 Å². The van der Waals surface area contributed by atoms with Crippen LogP contribution in [0.2, 0.25) is 0 Å². The van der Waals surface area contributed by atoms with Gasteiger partial charge in [0.15, 0.2) is 5.96 Å². The van der Waals surface area contributed by atoms with Crippen LogP contribution in [-0.4, -0.2) is 35.4 Å². The van der Waals surface area contributed by atoms with E-state index in [2.05, 4.69) is 28.3 Å². The van der Waals surface area contributed by atoms with Gasteiger partial charge in [-0.05, 0) is 29.8 Å². The second-order valence-corrected chi connectivity index (χ2v) is 6.53. The molecule has 152 valence electrons. The lowest BCUT2D eigenvalue weighted by Gasteiger charge is -2.19. The third-order valence-electron chi connectivity index (χ3n) is 3.80. The number of carbonyl (C=O) groups is 3. The van der Waals surface area contributed by atoms with Crippen molar-refractivity contribution in [2.24, 2.45) is 16.5 Å². The van der Waals surface area contributed by atoms with E-state index in [9.17, 15) is 14.4 Å². The number of guanidine groups is 1. The molecule has 9 nitrogen and oxygen atoms in total. The number of amides is 2. The summed E-state index contributed by atoms with van der Waals surface area (Å²) in [5, 5.41) is 14.2. The molecule has 0 saturated carbocycles. The highest BCUT2D eigenvalue weighted by atomic mass is 32.1. The Labute approximate surface area is 172 Å². The number of nitrogens with two attached hydrogens (primary N) is 2. The van der Waals surface area contributed by atoms with Gasteiger partial charge in [0, 0.05) is 10.5 Å². The number of carboxylic acid groups (broad SMARTS) is 1. The van der Waals surface area contributed by atoms with Crippen LogP contribution in [-0.2, 0) is 9.59 Å². The molecule has 1 atom stereocenters. The van der Waals surface area contributed by atoms with Crippen molar-refractivity contribution >= 4 is 42.1 Å². The number of nitrogens with one attached hydrogen (secondary N) is 2. The third kappa shape index (κ3) is 6.85. The van der Waals surface area contributed by atoms with Crippen LogP contribution in [0.3, 0.4) is 0 Å². The van der Waals surface area contributed by atoms with E-state index in [0.29, 0.717) is 16.1 Å². The monoisotopic (exact) mass is 415 g/mol. The fourth-order valence-electron chi connectivity index (χ4n) is 2.57. The first-order chi connectivity index (χ1) is 13.8. The normalized spacial score (nSPS) is 11.2. The maximum absolute atomic E-state index is 12.3. The van der Waals surface area contributed by atoms with E-state index in [-0.39, 0.29) is 24.5 Å². The minimum Gasteiger partial charge on any atom is -0.481 e. The lowest BCUT2D eigenvalue weighted by Crippen LogP contribution is -2.39. The van der Waals surface area contributed by atoms with Gasteiger partial charge in [-0.3, -0.25) is 14.4 Å². The fourth-order valence-corrected chi connectivity index (χ4v) is 2.89. The molecular formula is C19H21N5O4S. The summed E-state index contributed by atoms with van der Waals surface area (Å²) in [6, 6.07) is 12.3. The Kier molecular flexibility index (Phi) is 7.61. The molecule has 0 aliphatic rings. The molecule has 29 heavy (non-hydrogen) atoms. The Hall–Kier alpha value is -3.53. The summed E-state index contributed by atoms with van der Waals surface area (Å²) < 4.78 is 0. The quantitative estimate of drug-likeness (QED) is 0.214. The average Bonchev–Trinajstić information content (AvgIpc) is 2.65. The van der Waals surface area contributed by atoms with Gasteiger partial charge >= 0.3 is 5.97 Å². The van der Waals surface area contributed by atoms with Crippen LogP contribution in [0.4, 0.5) is 5.69 Å². The Morgan fingerprint density at radius 2 is 1.83 bits per heavy atom. The molecule has 2 rings (SSSR count). The van der Waals surface area contributed by atoms with Crippen molar-refractivity contribution in [2.45, 2.75) is 17.4 Å². The highest BCUT2D eigenvalue weighted by Gasteiger charge is 2.20. The summed E-state index contributed by atoms with van der Waals surface area (Å²) in [6.45, 7) is -0.337. The van der Waals surface area contributed by atoms with E-state index >= 15 is 0 Å². The predicted octanol–water partition coefficient (Wildman–Crippen LogP) is 0.942. The number of carbonyl (C=O) groups excluding carboxylic acids is 2. The van der Waals surface area contributed by atoms with Crippen LogP contribution in [0.5, 0.6) is 0 Å². The molecule has 0 aliphatic carbocycles. The van der Waals surface area contributed by atoms with Crippen molar-refractivity contribution in [3.05, 3.63) is 59.7 Å². The molecule has 2 amide bonds. The number of rotatable bonds is 8. The van der Waals surface area contributed by atoms with E-state index in [0.717, 1.165) is 0 Å². The van der Waals surface area contributed by atoms with Gasteiger partial charge in [-0.15, -0.1) is 12.6 Å². The van der Waals surface area contributed by atoms with Crippen LogP contribution in [0, 0.1) is 0 Å². The van der Waals surface area contributed by atoms with Crippen LogP contribution in [0.25, 0.3) is 0 Å². The number of hydrogen-bond acceptors (Lipinski definition) is 5. The van der Waals surface area contributed by atoms with E-state index in [1.165, 1.54) is 6.07 Å². The van der Waals surface area contributed by atoms with Crippen LogP contribution in [0.15, 0.2) is 58.4 Å². The van der Waals surface area contributed by atoms with Gasteiger partial charge in [-0.2, -0.15) is 0 Å². The van der Waals surface area contributed by atoms with Gasteiger partial charge in [-0.25, -0.2) is 4.99 Å². The average molecular weight is 415 g/mol. The first kappa shape index (κ1) is 21.8. The summed E-state index contributed by atoms with van der Waals surface area (Å²) in [4.78, 5) is 40.1. The minimum atomic E-state index is -1.08. The van der Waals surface area contributed by atoms with Crippen molar-refractivity contribution in [3.63, 3.8) is 0 Å². The Bertz CT molecular complexity index is 944. The maximum atomic E-state index is 12.3. The highest BCUT2D eigenvalue weighted by molar-refractivity contribution is 7.80. The standard InChI is InChI=1S/C19H21N5O4S/c20-19(21)23-12-5-3-4-11(8-12)18(28)22-10-16(25)24-14(9-17(26)27)13-6-1-2-7-15(13)29/h1-8,14,29H,9-10H2,(H,22,28)(H,24,25)(H,26,27)(H4,20,21,23). The Balaban J connectivity index is 2.02. The van der Waals surface area contributed by atoms with Crippen molar-refractivity contribution in [3.8, 4) is 0 Å². The second-order valence-electron chi connectivity index (χ2n) is 6.05. The largest absolute Gasteiger partial charge is 0.481 e. The molecule has 0 bridgehead atoms. The van der Waals surface area contributed by atoms with E-state index in [4.69, 9.17) is 16.6 Å². The zero-order chi connectivity index (χ0) is 21.4. The molecule has 0 aromatic heterocycles. The summed E-state index contributed by atoms with van der Waals surface area (Å²) in [5.41, 5.74) is 11.9. The zero-order valence-electron chi connectivity index (χ0n) is 15.3. The molecule has 0 heterocycles. The molecule has 0 fully saturated rings. The zero-order valence-corrected chi connectivity index (χ0v) is 16.2. The van der Waals surface area contributed by atoms with Gasteiger partial charge in [0.2, 0.25) is 5.91 Å². The number of carboxylic acids is 1. The molecule has 2 aromatic carbocycles. The van der Waals surface area contributed by atoms with Gasteiger partial charge in [0.05, 0.1) is 24.7 Å².